The molecule has 2 heterocycles. The lowest BCUT2D eigenvalue weighted by molar-refractivity contribution is 0.282. The number of pyridine rings is 2. The number of nitrogens with one attached hydrogen (secondary N) is 1. The summed E-state index contributed by atoms with van der Waals surface area (Å²) in [5.74, 6) is 0. The van der Waals surface area contributed by atoms with Crippen molar-refractivity contribution in [1.29, 1.82) is 0 Å². The van der Waals surface area contributed by atoms with Gasteiger partial charge in [0.25, 0.3) is 0 Å². The number of aliphatic hydroxyl groups is 1. The van der Waals surface area contributed by atoms with Crippen molar-refractivity contribution in [2.24, 2.45) is 0 Å². The van der Waals surface area contributed by atoms with Gasteiger partial charge in [-0.2, -0.15) is 0 Å². The average Bonchev–Trinajstić information content (AvgIpc) is 2.38. The summed E-state index contributed by atoms with van der Waals surface area (Å²) in [6.07, 6.45) is 6.90. The highest BCUT2D eigenvalue weighted by atomic mass is 16.3. The minimum Gasteiger partial charge on any atom is -0.392 e. The van der Waals surface area contributed by atoms with Gasteiger partial charge in [0.2, 0.25) is 0 Å². The number of aliphatic hydroxyl groups excluding tert-OH is 1. The van der Waals surface area contributed by atoms with Crippen molar-refractivity contribution in [1.82, 2.24) is 9.97 Å². The third kappa shape index (κ3) is 2.55. The molecule has 0 saturated heterocycles. The van der Waals surface area contributed by atoms with Gasteiger partial charge in [-0.25, -0.2) is 0 Å². The van der Waals surface area contributed by atoms with Gasteiger partial charge in [0.15, 0.2) is 0 Å². The Balaban J connectivity index is 2.05. The maximum absolute atomic E-state index is 9.14. The Hall–Kier alpha value is -1.94. The topological polar surface area (TPSA) is 58.0 Å². The zero-order chi connectivity index (χ0) is 11.2. The number of nitrogens with zero attached hydrogens (tertiary/aromatic N) is 2. The van der Waals surface area contributed by atoms with Gasteiger partial charge in [0.05, 0.1) is 18.5 Å². The van der Waals surface area contributed by atoms with Crippen molar-refractivity contribution < 1.29 is 5.11 Å². The first-order chi connectivity index (χ1) is 7.90. The van der Waals surface area contributed by atoms with Crippen LogP contribution in [0.25, 0.3) is 0 Å². The van der Waals surface area contributed by atoms with Crippen LogP contribution in [0.2, 0.25) is 0 Å². The molecule has 4 heteroatoms. The van der Waals surface area contributed by atoms with Gasteiger partial charge in [0, 0.05) is 30.7 Å². The summed E-state index contributed by atoms with van der Waals surface area (Å²) in [7, 11) is 0. The normalized spacial score (nSPS) is 10.1. The summed E-state index contributed by atoms with van der Waals surface area (Å²) in [6.45, 7) is 0.711. The molecule has 82 valence electrons. The van der Waals surface area contributed by atoms with Crippen LogP contribution in [0.5, 0.6) is 0 Å². The molecule has 0 aromatic carbocycles. The molecule has 0 atom stereocenters. The van der Waals surface area contributed by atoms with Crippen molar-refractivity contribution in [2.75, 3.05) is 5.32 Å². The van der Waals surface area contributed by atoms with E-state index in [1.165, 1.54) is 0 Å². The van der Waals surface area contributed by atoms with Crippen LogP contribution < -0.4 is 5.32 Å². The lowest BCUT2D eigenvalue weighted by Gasteiger charge is -2.09. The van der Waals surface area contributed by atoms with E-state index in [0.29, 0.717) is 6.54 Å². The molecule has 0 aliphatic heterocycles. The van der Waals surface area contributed by atoms with Gasteiger partial charge in [-0.05, 0) is 23.8 Å². The van der Waals surface area contributed by atoms with Crippen LogP contribution in [0, 0.1) is 0 Å². The van der Waals surface area contributed by atoms with Crippen LogP contribution in [0.3, 0.4) is 0 Å². The largest absolute Gasteiger partial charge is 0.392 e. The minimum absolute atomic E-state index is 0.0151. The van der Waals surface area contributed by atoms with Crippen LogP contribution in [0.15, 0.2) is 43.0 Å². The summed E-state index contributed by atoms with van der Waals surface area (Å²) in [5, 5.41) is 12.4. The Morgan fingerprint density at radius 2 is 1.81 bits per heavy atom. The molecular weight excluding hydrogens is 202 g/mol. The fourth-order valence-corrected chi connectivity index (χ4v) is 1.42. The quantitative estimate of drug-likeness (QED) is 0.813. The average molecular weight is 215 g/mol. The van der Waals surface area contributed by atoms with Crippen LogP contribution in [0.4, 0.5) is 5.69 Å². The molecule has 2 aromatic rings. The molecule has 2 rings (SSSR count). The molecule has 0 radical (unpaired) electrons. The molecule has 0 amide bonds. The molecule has 0 spiro atoms. The molecule has 4 nitrogen and oxygen atoms in total. The molecule has 2 N–H and O–H groups in total. The zero-order valence-electron chi connectivity index (χ0n) is 8.80. The molecule has 0 unspecified atom stereocenters. The van der Waals surface area contributed by atoms with E-state index >= 15 is 0 Å². The second kappa shape index (κ2) is 5.23. The molecule has 0 saturated carbocycles. The number of aromatic nitrogens is 2. The molecule has 0 fully saturated rings. The van der Waals surface area contributed by atoms with Gasteiger partial charge < -0.3 is 10.4 Å². The number of hydrogen-bond acceptors (Lipinski definition) is 4. The molecule has 0 bridgehead atoms. The highest BCUT2D eigenvalue weighted by Crippen LogP contribution is 2.14. The standard InChI is InChI=1S/C12H13N3O/c16-9-11-3-6-14-8-12(11)15-7-10-1-4-13-5-2-10/h1-6,8,15-16H,7,9H2. The van der Waals surface area contributed by atoms with Gasteiger partial charge in [0.1, 0.15) is 0 Å². The third-order valence-electron chi connectivity index (χ3n) is 2.31. The Kier molecular flexibility index (Phi) is 3.46. The van der Waals surface area contributed by atoms with E-state index in [0.717, 1.165) is 16.8 Å². The van der Waals surface area contributed by atoms with Gasteiger partial charge in [-0.3, -0.25) is 9.97 Å². The lowest BCUT2D eigenvalue weighted by Crippen LogP contribution is -2.02. The predicted molar refractivity (Wildman–Crippen MR) is 61.7 cm³/mol. The van der Waals surface area contributed by atoms with Crippen LogP contribution in [-0.2, 0) is 13.2 Å². The highest BCUT2D eigenvalue weighted by Gasteiger charge is 2.00. The summed E-state index contributed by atoms with van der Waals surface area (Å²) in [6, 6.07) is 5.69. The predicted octanol–water partition coefficient (Wildman–Crippen LogP) is 1.58. The maximum atomic E-state index is 9.14. The number of hydrogen-bond donors (Lipinski definition) is 2. The van der Waals surface area contributed by atoms with Crippen molar-refractivity contribution in [3.05, 3.63) is 54.1 Å². The number of rotatable bonds is 4. The monoisotopic (exact) mass is 215 g/mol. The first-order valence-electron chi connectivity index (χ1n) is 5.06. The Morgan fingerprint density at radius 3 is 2.56 bits per heavy atom. The minimum atomic E-state index is 0.0151. The fraction of sp³-hybridized carbons (Fsp3) is 0.167. The Bertz CT molecular complexity index is 445. The van der Waals surface area contributed by atoms with E-state index in [1.54, 1.807) is 30.9 Å². The van der Waals surface area contributed by atoms with E-state index in [-0.39, 0.29) is 6.61 Å². The van der Waals surface area contributed by atoms with Crippen molar-refractivity contribution in [2.45, 2.75) is 13.2 Å². The van der Waals surface area contributed by atoms with Crippen molar-refractivity contribution >= 4 is 5.69 Å². The fourth-order valence-electron chi connectivity index (χ4n) is 1.42. The summed E-state index contributed by atoms with van der Waals surface area (Å²) in [5.41, 5.74) is 2.86. The maximum Gasteiger partial charge on any atom is 0.0703 e. The SMILES string of the molecule is OCc1ccncc1NCc1ccncc1. The number of anilines is 1. The van der Waals surface area contributed by atoms with E-state index < -0.39 is 0 Å². The van der Waals surface area contributed by atoms with E-state index in [2.05, 4.69) is 15.3 Å². The van der Waals surface area contributed by atoms with Crippen molar-refractivity contribution in [3.8, 4) is 0 Å². The van der Waals surface area contributed by atoms with Crippen molar-refractivity contribution in [3.63, 3.8) is 0 Å². The molecule has 2 aromatic heterocycles. The first kappa shape index (κ1) is 10.6. The summed E-state index contributed by atoms with van der Waals surface area (Å²) >= 11 is 0. The molecule has 16 heavy (non-hydrogen) atoms. The zero-order valence-corrected chi connectivity index (χ0v) is 8.80. The second-order valence-corrected chi connectivity index (χ2v) is 3.40. The smallest absolute Gasteiger partial charge is 0.0703 e. The second-order valence-electron chi connectivity index (χ2n) is 3.40. The highest BCUT2D eigenvalue weighted by molar-refractivity contribution is 5.48. The Morgan fingerprint density at radius 1 is 1.06 bits per heavy atom. The van der Waals surface area contributed by atoms with Gasteiger partial charge >= 0.3 is 0 Å². The van der Waals surface area contributed by atoms with E-state index in [9.17, 15) is 0 Å². The Labute approximate surface area is 94.0 Å². The third-order valence-corrected chi connectivity index (χ3v) is 2.31. The first-order valence-corrected chi connectivity index (χ1v) is 5.06. The summed E-state index contributed by atoms with van der Waals surface area (Å²) < 4.78 is 0. The van der Waals surface area contributed by atoms with Gasteiger partial charge in [-0.15, -0.1) is 0 Å². The molecular formula is C12H13N3O. The van der Waals surface area contributed by atoms with E-state index in [1.807, 2.05) is 12.1 Å². The lowest BCUT2D eigenvalue weighted by atomic mass is 10.2. The van der Waals surface area contributed by atoms with Crippen LogP contribution in [-0.4, -0.2) is 15.1 Å². The van der Waals surface area contributed by atoms with E-state index in [4.69, 9.17) is 5.11 Å². The van der Waals surface area contributed by atoms with Crippen LogP contribution in [0.1, 0.15) is 11.1 Å². The summed E-state index contributed by atoms with van der Waals surface area (Å²) in [4.78, 5) is 7.97. The molecule has 0 aliphatic carbocycles. The van der Waals surface area contributed by atoms with Gasteiger partial charge in [-0.1, -0.05) is 0 Å². The molecule has 0 aliphatic rings. The van der Waals surface area contributed by atoms with Crippen LogP contribution >= 0.6 is 0 Å².